The fraction of sp³-hybridized carbons (Fsp3) is 0.438. The third-order valence-electron chi connectivity index (χ3n) is 3.92. The first kappa shape index (κ1) is 15.8. The molecule has 0 aliphatic carbocycles. The highest BCUT2D eigenvalue weighted by molar-refractivity contribution is 6.42. The second-order valence-electron chi connectivity index (χ2n) is 5.73. The van der Waals surface area contributed by atoms with Crippen molar-refractivity contribution in [3.8, 4) is 0 Å². The molecule has 0 bridgehead atoms. The van der Waals surface area contributed by atoms with Gasteiger partial charge in [0, 0.05) is 45.3 Å². The van der Waals surface area contributed by atoms with Crippen LogP contribution in [0.3, 0.4) is 0 Å². The summed E-state index contributed by atoms with van der Waals surface area (Å²) >= 11 is 12.0. The van der Waals surface area contributed by atoms with E-state index in [4.69, 9.17) is 27.7 Å². The van der Waals surface area contributed by atoms with Gasteiger partial charge in [0.25, 0.3) is 0 Å². The van der Waals surface area contributed by atoms with Crippen LogP contribution < -0.4 is 0 Å². The molecule has 6 heteroatoms. The molecule has 118 valence electrons. The Morgan fingerprint density at radius 1 is 1.00 bits per heavy atom. The van der Waals surface area contributed by atoms with Crippen molar-refractivity contribution < 1.29 is 4.52 Å². The van der Waals surface area contributed by atoms with Crippen LogP contribution in [0.1, 0.15) is 17.0 Å². The Labute approximate surface area is 140 Å². The Bertz CT molecular complexity index is 636. The van der Waals surface area contributed by atoms with Crippen molar-refractivity contribution in [3.05, 3.63) is 51.3 Å². The molecule has 0 atom stereocenters. The Morgan fingerprint density at radius 2 is 1.68 bits per heavy atom. The molecule has 3 rings (SSSR count). The number of nitrogens with zero attached hydrogens (tertiary/aromatic N) is 3. The van der Waals surface area contributed by atoms with Gasteiger partial charge < -0.3 is 4.52 Å². The van der Waals surface area contributed by atoms with Gasteiger partial charge >= 0.3 is 0 Å². The molecule has 1 saturated heterocycles. The van der Waals surface area contributed by atoms with Gasteiger partial charge in [0.1, 0.15) is 5.76 Å². The summed E-state index contributed by atoms with van der Waals surface area (Å²) in [5.74, 6) is 0.869. The fourth-order valence-corrected chi connectivity index (χ4v) is 3.04. The van der Waals surface area contributed by atoms with E-state index in [1.165, 1.54) is 5.56 Å². The third kappa shape index (κ3) is 4.02. The largest absolute Gasteiger partial charge is 0.361 e. The molecule has 1 aliphatic rings. The van der Waals surface area contributed by atoms with Crippen LogP contribution in [0.4, 0.5) is 0 Å². The Hall–Kier alpha value is -1.07. The number of benzene rings is 1. The maximum Gasteiger partial charge on any atom is 0.133 e. The minimum absolute atomic E-state index is 0.609. The van der Waals surface area contributed by atoms with E-state index in [0.29, 0.717) is 10.0 Å². The standard InChI is InChI=1S/C16H19Cl2N3O/c1-12-8-14(19-22-12)11-21-6-4-20(5-7-21)10-13-2-3-15(17)16(18)9-13/h2-3,8-9H,4-7,10-11H2,1H3. The normalized spacial score (nSPS) is 17.0. The summed E-state index contributed by atoms with van der Waals surface area (Å²) in [6.45, 7) is 7.84. The third-order valence-corrected chi connectivity index (χ3v) is 4.66. The maximum atomic E-state index is 6.07. The predicted molar refractivity (Wildman–Crippen MR) is 88.3 cm³/mol. The molecule has 1 aromatic carbocycles. The summed E-state index contributed by atoms with van der Waals surface area (Å²) < 4.78 is 5.12. The molecular weight excluding hydrogens is 321 g/mol. The molecule has 1 aromatic heterocycles. The average molecular weight is 340 g/mol. The van der Waals surface area contributed by atoms with Crippen LogP contribution in [0.25, 0.3) is 0 Å². The van der Waals surface area contributed by atoms with Crippen molar-refractivity contribution in [2.45, 2.75) is 20.0 Å². The van der Waals surface area contributed by atoms with E-state index >= 15 is 0 Å². The van der Waals surface area contributed by atoms with Gasteiger partial charge in [-0.05, 0) is 24.6 Å². The Balaban J connectivity index is 1.50. The molecule has 2 heterocycles. The van der Waals surface area contributed by atoms with Crippen LogP contribution in [0, 0.1) is 6.92 Å². The zero-order valence-corrected chi connectivity index (χ0v) is 14.1. The second kappa shape index (κ2) is 7.01. The number of rotatable bonds is 4. The molecule has 0 N–H and O–H groups in total. The average Bonchev–Trinajstić information content (AvgIpc) is 2.90. The Morgan fingerprint density at radius 3 is 2.27 bits per heavy atom. The number of aromatic nitrogens is 1. The first-order valence-corrected chi connectivity index (χ1v) is 8.16. The number of aryl methyl sites for hydroxylation is 1. The SMILES string of the molecule is Cc1cc(CN2CCN(Cc3ccc(Cl)c(Cl)c3)CC2)no1. The topological polar surface area (TPSA) is 32.5 Å². The highest BCUT2D eigenvalue weighted by Crippen LogP contribution is 2.23. The minimum Gasteiger partial charge on any atom is -0.361 e. The molecule has 0 saturated carbocycles. The maximum absolute atomic E-state index is 6.07. The molecule has 2 aromatic rings. The van der Waals surface area contributed by atoms with Crippen LogP contribution in [-0.2, 0) is 13.1 Å². The minimum atomic E-state index is 0.609. The highest BCUT2D eigenvalue weighted by atomic mass is 35.5. The molecule has 1 aliphatic heterocycles. The molecule has 1 fully saturated rings. The van der Waals surface area contributed by atoms with Gasteiger partial charge in [-0.25, -0.2) is 0 Å². The lowest BCUT2D eigenvalue weighted by molar-refractivity contribution is 0.120. The lowest BCUT2D eigenvalue weighted by Gasteiger charge is -2.34. The molecule has 0 unspecified atom stereocenters. The number of piperazine rings is 1. The van der Waals surface area contributed by atoms with Crippen LogP contribution in [-0.4, -0.2) is 41.1 Å². The van der Waals surface area contributed by atoms with Crippen molar-refractivity contribution >= 4 is 23.2 Å². The number of hydrogen-bond donors (Lipinski definition) is 0. The van der Waals surface area contributed by atoms with Crippen molar-refractivity contribution in [3.63, 3.8) is 0 Å². The van der Waals surface area contributed by atoms with E-state index in [1.807, 2.05) is 31.2 Å². The van der Waals surface area contributed by atoms with Crippen LogP contribution in [0.2, 0.25) is 10.0 Å². The summed E-state index contributed by atoms with van der Waals surface area (Å²) in [7, 11) is 0. The first-order chi connectivity index (χ1) is 10.6. The summed E-state index contributed by atoms with van der Waals surface area (Å²) in [6.07, 6.45) is 0. The summed E-state index contributed by atoms with van der Waals surface area (Å²) in [5.41, 5.74) is 2.21. The van der Waals surface area contributed by atoms with E-state index < -0.39 is 0 Å². The number of hydrogen-bond acceptors (Lipinski definition) is 4. The molecule has 0 amide bonds. The van der Waals surface area contributed by atoms with Crippen LogP contribution in [0.5, 0.6) is 0 Å². The van der Waals surface area contributed by atoms with Gasteiger partial charge in [-0.1, -0.05) is 34.4 Å². The molecule has 4 nitrogen and oxygen atoms in total. The monoisotopic (exact) mass is 339 g/mol. The number of halogens is 2. The van der Waals surface area contributed by atoms with Gasteiger partial charge in [-0.15, -0.1) is 0 Å². The van der Waals surface area contributed by atoms with E-state index in [0.717, 1.165) is 50.7 Å². The summed E-state index contributed by atoms with van der Waals surface area (Å²) in [6, 6.07) is 7.86. The van der Waals surface area contributed by atoms with E-state index in [9.17, 15) is 0 Å². The fourth-order valence-electron chi connectivity index (χ4n) is 2.72. The lowest BCUT2D eigenvalue weighted by atomic mass is 10.2. The quantitative estimate of drug-likeness (QED) is 0.851. The Kier molecular flexibility index (Phi) is 5.03. The van der Waals surface area contributed by atoms with Gasteiger partial charge in [0.05, 0.1) is 15.7 Å². The lowest BCUT2D eigenvalue weighted by Crippen LogP contribution is -2.45. The smallest absolute Gasteiger partial charge is 0.133 e. The summed E-state index contributed by atoms with van der Waals surface area (Å²) in [5, 5.41) is 5.29. The zero-order chi connectivity index (χ0) is 15.5. The van der Waals surface area contributed by atoms with Crippen molar-refractivity contribution in [2.75, 3.05) is 26.2 Å². The van der Waals surface area contributed by atoms with Crippen molar-refractivity contribution in [1.82, 2.24) is 15.0 Å². The summed E-state index contributed by atoms with van der Waals surface area (Å²) in [4.78, 5) is 4.84. The molecule has 0 radical (unpaired) electrons. The van der Waals surface area contributed by atoms with Gasteiger partial charge in [-0.3, -0.25) is 9.80 Å². The molecule has 0 spiro atoms. The van der Waals surface area contributed by atoms with E-state index in [2.05, 4.69) is 15.0 Å². The van der Waals surface area contributed by atoms with Crippen molar-refractivity contribution in [2.24, 2.45) is 0 Å². The van der Waals surface area contributed by atoms with Gasteiger partial charge in [0.15, 0.2) is 0 Å². The van der Waals surface area contributed by atoms with Crippen molar-refractivity contribution in [1.29, 1.82) is 0 Å². The van der Waals surface area contributed by atoms with E-state index in [1.54, 1.807) is 0 Å². The molecular formula is C16H19Cl2N3O. The molecule has 22 heavy (non-hydrogen) atoms. The van der Waals surface area contributed by atoms with Crippen LogP contribution in [0.15, 0.2) is 28.8 Å². The predicted octanol–water partition coefficient (Wildman–Crippen LogP) is 3.61. The van der Waals surface area contributed by atoms with Crippen LogP contribution >= 0.6 is 23.2 Å². The highest BCUT2D eigenvalue weighted by Gasteiger charge is 2.18. The zero-order valence-electron chi connectivity index (χ0n) is 12.6. The first-order valence-electron chi connectivity index (χ1n) is 7.41. The van der Waals surface area contributed by atoms with E-state index in [-0.39, 0.29) is 0 Å². The van der Waals surface area contributed by atoms with Gasteiger partial charge in [0.2, 0.25) is 0 Å². The van der Waals surface area contributed by atoms with Gasteiger partial charge in [-0.2, -0.15) is 0 Å². The second-order valence-corrected chi connectivity index (χ2v) is 6.54.